The Kier molecular flexibility index (Phi) is 6.22. The second-order valence-corrected chi connectivity index (χ2v) is 5.08. The molecule has 1 aliphatic heterocycles. The van der Waals surface area contributed by atoms with Crippen molar-refractivity contribution in [1.82, 2.24) is 20.4 Å². The van der Waals surface area contributed by atoms with E-state index in [1.54, 1.807) is 17.1 Å². The highest BCUT2D eigenvalue weighted by Gasteiger charge is 2.23. The monoisotopic (exact) mass is 305 g/mol. The van der Waals surface area contributed by atoms with E-state index in [-0.39, 0.29) is 30.5 Å². The Morgan fingerprint density at radius 2 is 2.40 bits per heavy atom. The van der Waals surface area contributed by atoms with Crippen LogP contribution >= 0.6 is 12.4 Å². The van der Waals surface area contributed by atoms with Gasteiger partial charge in [-0.1, -0.05) is 0 Å². The lowest BCUT2D eigenvalue weighted by Crippen LogP contribution is -2.39. The highest BCUT2D eigenvalue weighted by Crippen LogP contribution is 2.10. The third-order valence-electron chi connectivity index (χ3n) is 3.07. The zero-order chi connectivity index (χ0) is 13.8. The average Bonchev–Trinajstić information content (AvgIpc) is 2.96. The minimum absolute atomic E-state index is 0. The van der Waals surface area contributed by atoms with Crippen LogP contribution in [0, 0.1) is 0 Å². The number of hydrogen-bond donors (Lipinski definition) is 3. The first-order valence-electron chi connectivity index (χ1n) is 6.51. The highest BCUT2D eigenvalue weighted by atomic mass is 35.5. The van der Waals surface area contributed by atoms with Crippen LogP contribution < -0.4 is 16.0 Å². The molecular formula is C12H21ClFN5O. The number of rotatable bonds is 4. The van der Waals surface area contributed by atoms with Crippen LogP contribution in [0.2, 0.25) is 0 Å². The molecule has 0 unspecified atom stereocenters. The minimum Gasteiger partial charge on any atom is -0.336 e. The van der Waals surface area contributed by atoms with Crippen molar-refractivity contribution >= 4 is 24.1 Å². The Morgan fingerprint density at radius 3 is 2.95 bits per heavy atom. The number of anilines is 1. The van der Waals surface area contributed by atoms with Crippen LogP contribution in [0.15, 0.2) is 12.4 Å². The normalized spacial score (nSPS) is 21.6. The van der Waals surface area contributed by atoms with Crippen LogP contribution in [0.5, 0.6) is 0 Å². The van der Waals surface area contributed by atoms with Crippen LogP contribution in [-0.4, -0.2) is 41.1 Å². The molecule has 1 aliphatic rings. The maximum absolute atomic E-state index is 12.9. The van der Waals surface area contributed by atoms with Gasteiger partial charge in [0.15, 0.2) is 0 Å². The van der Waals surface area contributed by atoms with Gasteiger partial charge in [-0.05, 0) is 20.3 Å². The van der Waals surface area contributed by atoms with Crippen molar-refractivity contribution in [2.45, 2.75) is 38.5 Å². The minimum atomic E-state index is -0.806. The van der Waals surface area contributed by atoms with Gasteiger partial charge in [-0.3, -0.25) is 4.68 Å². The summed E-state index contributed by atoms with van der Waals surface area (Å²) in [7, 11) is 0. The number of carbonyl (C=O) groups is 1. The Labute approximate surface area is 123 Å². The van der Waals surface area contributed by atoms with Crippen molar-refractivity contribution in [2.75, 3.05) is 18.4 Å². The summed E-state index contributed by atoms with van der Waals surface area (Å²) in [5.41, 5.74) is 0.647. The molecule has 3 N–H and O–H groups in total. The highest BCUT2D eigenvalue weighted by molar-refractivity contribution is 5.88. The largest absolute Gasteiger partial charge is 0.336 e. The van der Waals surface area contributed by atoms with E-state index < -0.39 is 6.17 Å². The zero-order valence-electron chi connectivity index (χ0n) is 11.6. The van der Waals surface area contributed by atoms with Crippen LogP contribution in [0.25, 0.3) is 0 Å². The SMILES string of the molecule is CC(C)n1cc(NC(=O)NC[C@@H]2C[C@H](F)CN2)cn1.Cl. The average molecular weight is 306 g/mol. The van der Waals surface area contributed by atoms with Crippen molar-refractivity contribution < 1.29 is 9.18 Å². The van der Waals surface area contributed by atoms with Gasteiger partial charge in [0.1, 0.15) is 6.17 Å². The molecule has 0 radical (unpaired) electrons. The Bertz CT molecular complexity index is 439. The van der Waals surface area contributed by atoms with Crippen LogP contribution in [0.4, 0.5) is 14.9 Å². The summed E-state index contributed by atoms with van der Waals surface area (Å²) in [5.74, 6) is 0. The van der Waals surface area contributed by atoms with Crippen molar-refractivity contribution in [2.24, 2.45) is 0 Å². The van der Waals surface area contributed by atoms with Gasteiger partial charge in [0, 0.05) is 31.4 Å². The molecule has 1 fully saturated rings. The molecule has 0 saturated carbocycles. The van der Waals surface area contributed by atoms with E-state index in [0.29, 0.717) is 25.2 Å². The van der Waals surface area contributed by atoms with Gasteiger partial charge in [0.2, 0.25) is 0 Å². The van der Waals surface area contributed by atoms with Crippen molar-refractivity contribution in [1.29, 1.82) is 0 Å². The van der Waals surface area contributed by atoms with E-state index in [4.69, 9.17) is 0 Å². The predicted octanol–water partition coefficient (Wildman–Crippen LogP) is 1.71. The van der Waals surface area contributed by atoms with E-state index in [1.807, 2.05) is 13.8 Å². The van der Waals surface area contributed by atoms with E-state index >= 15 is 0 Å². The molecule has 0 aromatic carbocycles. The molecule has 6 nitrogen and oxygen atoms in total. The third kappa shape index (κ3) is 4.64. The summed E-state index contributed by atoms with van der Waals surface area (Å²) in [6.07, 6.45) is 3.02. The molecule has 2 rings (SSSR count). The number of nitrogens with zero attached hydrogens (tertiary/aromatic N) is 2. The number of halogens is 2. The molecule has 114 valence electrons. The molecule has 0 bridgehead atoms. The molecule has 2 amide bonds. The van der Waals surface area contributed by atoms with Crippen LogP contribution in [-0.2, 0) is 0 Å². The number of alkyl halides is 1. The summed E-state index contributed by atoms with van der Waals surface area (Å²) in [6, 6.07) is -0.0330. The fraction of sp³-hybridized carbons (Fsp3) is 0.667. The lowest BCUT2D eigenvalue weighted by Gasteiger charge is -2.11. The van der Waals surface area contributed by atoms with Gasteiger partial charge in [0.25, 0.3) is 0 Å². The molecular weight excluding hydrogens is 285 g/mol. The van der Waals surface area contributed by atoms with Gasteiger partial charge < -0.3 is 16.0 Å². The molecule has 8 heteroatoms. The summed E-state index contributed by atoms with van der Waals surface area (Å²) in [6.45, 7) is 4.81. The first-order valence-corrected chi connectivity index (χ1v) is 6.51. The molecule has 1 saturated heterocycles. The first-order chi connectivity index (χ1) is 9.04. The molecule has 20 heavy (non-hydrogen) atoms. The van der Waals surface area contributed by atoms with E-state index in [1.165, 1.54) is 0 Å². The summed E-state index contributed by atoms with van der Waals surface area (Å²) < 4.78 is 14.7. The number of carbonyl (C=O) groups excluding carboxylic acids is 1. The molecule has 0 aliphatic carbocycles. The molecule has 2 atom stereocenters. The van der Waals surface area contributed by atoms with Gasteiger partial charge in [0.05, 0.1) is 11.9 Å². The molecule has 0 spiro atoms. The van der Waals surface area contributed by atoms with Crippen LogP contribution in [0.3, 0.4) is 0 Å². The standard InChI is InChI=1S/C12H20FN5O.ClH/c1-8(2)18-7-11(6-16-18)17-12(19)15-5-10-3-9(13)4-14-10;/h6-10,14H,3-5H2,1-2H3,(H2,15,17,19);1H/t9-,10-;/m0./s1. The van der Waals surface area contributed by atoms with E-state index in [2.05, 4.69) is 21.0 Å². The Morgan fingerprint density at radius 1 is 1.65 bits per heavy atom. The predicted molar refractivity (Wildman–Crippen MR) is 78.2 cm³/mol. The lowest BCUT2D eigenvalue weighted by atomic mass is 10.2. The maximum atomic E-state index is 12.9. The molecule has 1 aromatic heterocycles. The first kappa shape index (κ1) is 16.7. The van der Waals surface area contributed by atoms with E-state index in [0.717, 1.165) is 0 Å². The number of nitrogens with one attached hydrogen (secondary N) is 3. The fourth-order valence-corrected chi connectivity index (χ4v) is 2.00. The lowest BCUT2D eigenvalue weighted by molar-refractivity contribution is 0.251. The second-order valence-electron chi connectivity index (χ2n) is 5.08. The fourth-order valence-electron chi connectivity index (χ4n) is 2.00. The number of hydrogen-bond acceptors (Lipinski definition) is 3. The van der Waals surface area contributed by atoms with E-state index in [9.17, 15) is 9.18 Å². The zero-order valence-corrected chi connectivity index (χ0v) is 12.4. The van der Waals surface area contributed by atoms with Gasteiger partial charge in [-0.25, -0.2) is 9.18 Å². The smallest absolute Gasteiger partial charge is 0.319 e. The summed E-state index contributed by atoms with van der Waals surface area (Å²) >= 11 is 0. The van der Waals surface area contributed by atoms with Crippen LogP contribution in [0.1, 0.15) is 26.3 Å². The molecule has 1 aromatic rings. The second kappa shape index (κ2) is 7.44. The number of aromatic nitrogens is 2. The number of amides is 2. The Hall–Kier alpha value is -1.34. The maximum Gasteiger partial charge on any atom is 0.319 e. The van der Waals surface area contributed by atoms with Crippen molar-refractivity contribution in [3.8, 4) is 0 Å². The van der Waals surface area contributed by atoms with Gasteiger partial charge in [-0.2, -0.15) is 5.10 Å². The summed E-state index contributed by atoms with van der Waals surface area (Å²) in [5, 5.41) is 12.6. The molecule has 2 heterocycles. The Balaban J connectivity index is 0.00000200. The third-order valence-corrected chi connectivity index (χ3v) is 3.07. The quantitative estimate of drug-likeness (QED) is 0.793. The van der Waals surface area contributed by atoms with Crippen molar-refractivity contribution in [3.63, 3.8) is 0 Å². The topological polar surface area (TPSA) is 71.0 Å². The number of urea groups is 1. The summed E-state index contributed by atoms with van der Waals surface area (Å²) in [4.78, 5) is 11.6. The van der Waals surface area contributed by atoms with Crippen molar-refractivity contribution in [3.05, 3.63) is 12.4 Å². The van der Waals surface area contributed by atoms with Gasteiger partial charge in [-0.15, -0.1) is 12.4 Å². The van der Waals surface area contributed by atoms with Gasteiger partial charge >= 0.3 is 6.03 Å².